The highest BCUT2D eigenvalue weighted by molar-refractivity contribution is 6.09. The van der Waals surface area contributed by atoms with E-state index in [2.05, 4.69) is 0 Å². The smallest absolute Gasteiger partial charge is 0.337 e. The monoisotopic (exact) mass is 274 g/mol. The van der Waals surface area contributed by atoms with Crippen LogP contribution in [0.3, 0.4) is 0 Å². The van der Waals surface area contributed by atoms with Gasteiger partial charge in [-0.2, -0.15) is 0 Å². The van der Waals surface area contributed by atoms with Gasteiger partial charge in [0.1, 0.15) is 5.82 Å². The number of hydrogen-bond donors (Lipinski definition) is 0. The van der Waals surface area contributed by atoms with Crippen LogP contribution in [0.15, 0.2) is 47.6 Å². The third-order valence-corrected chi connectivity index (χ3v) is 3.51. The molecule has 4 heteroatoms. The molecule has 0 spiro atoms. The highest BCUT2D eigenvalue weighted by Crippen LogP contribution is 2.34. The lowest BCUT2D eigenvalue weighted by Crippen LogP contribution is -2.34. The number of esters is 1. The van der Waals surface area contributed by atoms with Crippen molar-refractivity contribution in [1.82, 2.24) is 0 Å². The van der Waals surface area contributed by atoms with Crippen LogP contribution in [0, 0.1) is 5.82 Å². The van der Waals surface area contributed by atoms with Crippen molar-refractivity contribution >= 4 is 11.8 Å². The lowest BCUT2D eigenvalue weighted by molar-refractivity contribution is -0.135. The molecule has 20 heavy (non-hydrogen) atoms. The third-order valence-electron chi connectivity index (χ3n) is 3.51. The van der Waals surface area contributed by atoms with E-state index in [1.807, 2.05) is 0 Å². The Balaban J connectivity index is 2.55. The van der Waals surface area contributed by atoms with Crippen molar-refractivity contribution in [3.05, 3.63) is 58.9 Å². The molecule has 0 N–H and O–H groups in total. The van der Waals surface area contributed by atoms with Crippen molar-refractivity contribution in [1.29, 1.82) is 0 Å². The van der Waals surface area contributed by atoms with E-state index >= 15 is 0 Å². The second-order valence-electron chi connectivity index (χ2n) is 4.96. The number of carbonyl (C=O) groups is 2. The van der Waals surface area contributed by atoms with E-state index in [0.29, 0.717) is 16.7 Å². The Morgan fingerprint density at radius 3 is 2.40 bits per heavy atom. The second-order valence-corrected chi connectivity index (χ2v) is 4.96. The molecule has 1 aliphatic rings. The topological polar surface area (TPSA) is 43.4 Å². The first-order valence-electron chi connectivity index (χ1n) is 6.19. The van der Waals surface area contributed by atoms with E-state index < -0.39 is 11.4 Å². The summed E-state index contributed by atoms with van der Waals surface area (Å²) in [6.07, 6.45) is 3.08. The number of ether oxygens (including phenoxy) is 1. The number of carbonyl (C=O) groups excluding carboxylic acids is 2. The Hall–Kier alpha value is -2.23. The van der Waals surface area contributed by atoms with E-state index in [1.165, 1.54) is 25.3 Å². The van der Waals surface area contributed by atoms with Gasteiger partial charge in [0.25, 0.3) is 0 Å². The fraction of sp³-hybridized carbons (Fsp3) is 0.250. The molecule has 0 amide bonds. The first kappa shape index (κ1) is 14.2. The number of rotatable bonds is 2. The summed E-state index contributed by atoms with van der Waals surface area (Å²) in [5, 5.41) is 0. The van der Waals surface area contributed by atoms with Crippen molar-refractivity contribution in [2.75, 3.05) is 7.11 Å². The molecule has 0 bridgehead atoms. The van der Waals surface area contributed by atoms with Crippen LogP contribution >= 0.6 is 0 Å². The molecule has 0 aliphatic heterocycles. The summed E-state index contributed by atoms with van der Waals surface area (Å²) >= 11 is 0. The summed E-state index contributed by atoms with van der Waals surface area (Å²) in [6, 6.07) is 5.70. The van der Waals surface area contributed by atoms with Crippen LogP contribution in [0.1, 0.15) is 19.4 Å². The van der Waals surface area contributed by atoms with Crippen LogP contribution < -0.4 is 0 Å². The highest BCUT2D eigenvalue weighted by atomic mass is 19.1. The minimum atomic E-state index is -0.990. The Bertz CT molecular complexity index is 626. The van der Waals surface area contributed by atoms with Gasteiger partial charge in [0.15, 0.2) is 5.78 Å². The average Bonchev–Trinajstić information content (AvgIpc) is 2.44. The molecule has 3 nitrogen and oxygen atoms in total. The van der Waals surface area contributed by atoms with E-state index in [0.717, 1.165) is 0 Å². The van der Waals surface area contributed by atoms with Crippen molar-refractivity contribution in [2.24, 2.45) is 0 Å². The van der Waals surface area contributed by atoms with Crippen molar-refractivity contribution in [3.8, 4) is 0 Å². The zero-order valence-electron chi connectivity index (χ0n) is 11.6. The van der Waals surface area contributed by atoms with Gasteiger partial charge in [-0.05, 0) is 43.2 Å². The molecule has 0 saturated carbocycles. The number of ketones is 1. The molecule has 1 atom stereocenters. The Kier molecular flexibility index (Phi) is 3.57. The lowest BCUT2D eigenvalue weighted by Gasteiger charge is -2.29. The van der Waals surface area contributed by atoms with E-state index in [-0.39, 0.29) is 11.6 Å². The predicted octanol–water partition coefficient (Wildman–Crippen LogP) is 2.71. The SMILES string of the molecule is COC(=O)C1=CC(C)(c2ccc(F)cc2)C(=O)C(C)=C1. The normalized spacial score (nSPS) is 22.1. The summed E-state index contributed by atoms with van der Waals surface area (Å²) in [5.41, 5.74) is 0.449. The van der Waals surface area contributed by atoms with Gasteiger partial charge >= 0.3 is 5.97 Å². The Morgan fingerprint density at radius 1 is 1.25 bits per heavy atom. The molecule has 2 rings (SSSR count). The van der Waals surface area contributed by atoms with Crippen molar-refractivity contribution < 1.29 is 18.7 Å². The number of allylic oxidation sites excluding steroid dienone is 2. The van der Waals surface area contributed by atoms with Gasteiger partial charge in [0, 0.05) is 0 Å². The number of halogens is 1. The van der Waals surface area contributed by atoms with Gasteiger partial charge in [-0.25, -0.2) is 9.18 Å². The van der Waals surface area contributed by atoms with Gasteiger partial charge in [-0.15, -0.1) is 0 Å². The molecular formula is C16H15FO3. The summed E-state index contributed by atoms with van der Waals surface area (Å²) in [6.45, 7) is 3.36. The summed E-state index contributed by atoms with van der Waals surface area (Å²) in [7, 11) is 1.29. The van der Waals surface area contributed by atoms with Crippen LogP contribution in [-0.4, -0.2) is 18.9 Å². The Morgan fingerprint density at radius 2 is 1.85 bits per heavy atom. The van der Waals surface area contributed by atoms with Crippen molar-refractivity contribution in [2.45, 2.75) is 19.3 Å². The minimum Gasteiger partial charge on any atom is -0.465 e. The van der Waals surface area contributed by atoms with Gasteiger partial charge < -0.3 is 4.74 Å². The van der Waals surface area contributed by atoms with E-state index in [9.17, 15) is 14.0 Å². The fourth-order valence-electron chi connectivity index (χ4n) is 2.37. The molecule has 1 aromatic carbocycles. The van der Waals surface area contributed by atoms with Gasteiger partial charge in [0.2, 0.25) is 0 Å². The van der Waals surface area contributed by atoms with Gasteiger partial charge in [-0.1, -0.05) is 18.2 Å². The van der Waals surface area contributed by atoms with Crippen LogP contribution in [0.25, 0.3) is 0 Å². The van der Waals surface area contributed by atoms with Crippen LogP contribution in [0.5, 0.6) is 0 Å². The zero-order chi connectivity index (χ0) is 14.9. The first-order valence-corrected chi connectivity index (χ1v) is 6.19. The standard InChI is InChI=1S/C16H15FO3/c1-10-8-11(15(19)20-3)9-16(2,14(10)18)12-4-6-13(17)7-5-12/h4-9H,1-3H3. The van der Waals surface area contributed by atoms with Gasteiger partial charge in [0.05, 0.1) is 18.1 Å². The molecule has 0 fully saturated rings. The van der Waals surface area contributed by atoms with Crippen LogP contribution in [0.4, 0.5) is 4.39 Å². The van der Waals surface area contributed by atoms with Crippen LogP contribution in [0.2, 0.25) is 0 Å². The van der Waals surface area contributed by atoms with Crippen molar-refractivity contribution in [3.63, 3.8) is 0 Å². The molecule has 1 aliphatic carbocycles. The summed E-state index contributed by atoms with van der Waals surface area (Å²) in [5.74, 6) is -0.980. The maximum Gasteiger partial charge on any atom is 0.337 e. The maximum atomic E-state index is 13.0. The fourth-order valence-corrected chi connectivity index (χ4v) is 2.37. The molecule has 0 radical (unpaired) electrons. The number of Topliss-reactive ketones (excluding diaryl/α,β-unsaturated/α-hetero) is 1. The first-order chi connectivity index (χ1) is 9.38. The summed E-state index contributed by atoms with van der Waals surface area (Å²) < 4.78 is 17.7. The van der Waals surface area contributed by atoms with Gasteiger partial charge in [-0.3, -0.25) is 4.79 Å². The van der Waals surface area contributed by atoms with E-state index in [4.69, 9.17) is 4.74 Å². The second kappa shape index (κ2) is 5.04. The third kappa shape index (κ3) is 2.29. The predicted molar refractivity (Wildman–Crippen MR) is 72.6 cm³/mol. The Labute approximate surface area is 116 Å². The molecular weight excluding hydrogens is 259 g/mol. The molecule has 1 unspecified atom stereocenters. The molecule has 104 valence electrons. The molecule has 1 aromatic rings. The molecule has 0 aromatic heterocycles. The maximum absolute atomic E-state index is 13.0. The quantitative estimate of drug-likeness (QED) is 0.779. The largest absolute Gasteiger partial charge is 0.465 e. The zero-order valence-corrected chi connectivity index (χ0v) is 11.6. The molecule has 0 saturated heterocycles. The van der Waals surface area contributed by atoms with Crippen LogP contribution in [-0.2, 0) is 19.7 Å². The number of hydrogen-bond acceptors (Lipinski definition) is 3. The highest BCUT2D eigenvalue weighted by Gasteiger charge is 2.37. The summed E-state index contributed by atoms with van der Waals surface area (Å²) in [4.78, 5) is 24.1. The number of benzene rings is 1. The lowest BCUT2D eigenvalue weighted by atomic mass is 9.72. The average molecular weight is 274 g/mol. The number of methoxy groups -OCH3 is 1. The molecule has 0 heterocycles. The van der Waals surface area contributed by atoms with E-state index in [1.54, 1.807) is 32.1 Å². The minimum absolute atomic E-state index is 0.114.